The van der Waals surface area contributed by atoms with E-state index in [1.54, 1.807) is 0 Å². The molecule has 0 N–H and O–H groups in total. The Hall–Kier alpha value is -0.920. The molecule has 13 heavy (non-hydrogen) atoms. The molecule has 0 aromatic carbocycles. The third-order valence-electron chi connectivity index (χ3n) is 2.29. The van der Waals surface area contributed by atoms with Crippen molar-refractivity contribution in [3.05, 3.63) is 0 Å². The molecule has 0 atom stereocenters. The Morgan fingerprint density at radius 1 is 1.15 bits per heavy atom. The van der Waals surface area contributed by atoms with Crippen LogP contribution < -0.4 is 0 Å². The maximum atomic E-state index is 10.1. The first kappa shape index (κ1) is 10.2. The molecule has 71 valence electrons. The molecule has 0 saturated carbocycles. The summed E-state index contributed by atoms with van der Waals surface area (Å²) in [5.41, 5.74) is 0. The van der Waals surface area contributed by atoms with Crippen LogP contribution in [0.5, 0.6) is 0 Å². The topological polar surface area (TPSA) is 47.3 Å². The lowest BCUT2D eigenvalue weighted by atomic mass is 10.3. The third kappa shape index (κ3) is 3.53. The number of hydrogen-bond donors (Lipinski definition) is 0. The lowest BCUT2D eigenvalue weighted by Gasteiger charge is -2.32. The zero-order valence-corrected chi connectivity index (χ0v) is 7.70. The van der Waals surface area contributed by atoms with E-state index in [0.29, 0.717) is 13.0 Å². The summed E-state index contributed by atoms with van der Waals surface area (Å²) in [7, 11) is 0. The molecular formula is C9H14N3O. The van der Waals surface area contributed by atoms with E-state index in [2.05, 4.69) is 15.9 Å². The summed E-state index contributed by atoms with van der Waals surface area (Å²) in [6, 6.07) is 2.13. The van der Waals surface area contributed by atoms with Crippen LogP contribution in [0.3, 0.4) is 0 Å². The Morgan fingerprint density at radius 3 is 2.31 bits per heavy atom. The summed E-state index contributed by atoms with van der Waals surface area (Å²) in [5.74, 6) is 0. The Morgan fingerprint density at radius 2 is 1.77 bits per heavy atom. The molecular weight excluding hydrogens is 166 g/mol. The molecule has 4 heteroatoms. The molecule has 4 nitrogen and oxygen atoms in total. The molecule has 0 aliphatic carbocycles. The van der Waals surface area contributed by atoms with Gasteiger partial charge in [-0.05, 0) is 0 Å². The van der Waals surface area contributed by atoms with E-state index in [4.69, 9.17) is 5.26 Å². The lowest BCUT2D eigenvalue weighted by molar-refractivity contribution is 0.147. The molecule has 1 aliphatic rings. The molecule has 0 aromatic heterocycles. The van der Waals surface area contributed by atoms with Gasteiger partial charge in [-0.3, -0.25) is 14.6 Å². The van der Waals surface area contributed by atoms with Crippen molar-refractivity contribution in [2.45, 2.75) is 6.42 Å². The van der Waals surface area contributed by atoms with E-state index < -0.39 is 0 Å². The highest BCUT2D eigenvalue weighted by molar-refractivity contribution is 5.53. The van der Waals surface area contributed by atoms with Crippen LogP contribution in [0.25, 0.3) is 0 Å². The van der Waals surface area contributed by atoms with Gasteiger partial charge in [0.05, 0.1) is 12.6 Å². The van der Waals surface area contributed by atoms with Crippen molar-refractivity contribution in [3.63, 3.8) is 0 Å². The molecule has 0 unspecified atom stereocenters. The van der Waals surface area contributed by atoms with Crippen LogP contribution in [0.2, 0.25) is 0 Å². The first-order chi connectivity index (χ1) is 6.36. The van der Waals surface area contributed by atoms with Crippen LogP contribution in [-0.2, 0) is 4.79 Å². The van der Waals surface area contributed by atoms with Gasteiger partial charge in [0.1, 0.15) is 0 Å². The molecule has 0 amide bonds. The zero-order chi connectivity index (χ0) is 9.52. The van der Waals surface area contributed by atoms with Gasteiger partial charge in [0.2, 0.25) is 6.29 Å². The minimum atomic E-state index is 0.423. The van der Waals surface area contributed by atoms with Gasteiger partial charge in [0.25, 0.3) is 0 Å². The van der Waals surface area contributed by atoms with E-state index in [9.17, 15) is 4.79 Å². The van der Waals surface area contributed by atoms with Crippen LogP contribution >= 0.6 is 0 Å². The average Bonchev–Trinajstić information content (AvgIpc) is 2.17. The van der Waals surface area contributed by atoms with E-state index in [-0.39, 0.29) is 0 Å². The van der Waals surface area contributed by atoms with Crippen molar-refractivity contribution in [1.82, 2.24) is 9.80 Å². The lowest BCUT2D eigenvalue weighted by Crippen LogP contribution is -2.46. The van der Waals surface area contributed by atoms with Gasteiger partial charge in [0, 0.05) is 39.1 Å². The summed E-state index contributed by atoms with van der Waals surface area (Å²) in [5, 5.41) is 8.39. The molecule has 1 fully saturated rings. The maximum absolute atomic E-state index is 10.1. The monoisotopic (exact) mass is 180 g/mol. The second kappa shape index (κ2) is 5.68. The Labute approximate surface area is 78.7 Å². The molecule has 1 heterocycles. The van der Waals surface area contributed by atoms with Crippen LogP contribution in [0.15, 0.2) is 0 Å². The van der Waals surface area contributed by atoms with E-state index >= 15 is 0 Å². The number of hydrogen-bond acceptors (Lipinski definition) is 4. The predicted octanol–water partition coefficient (Wildman–Crippen LogP) is -0.373. The van der Waals surface area contributed by atoms with Crippen LogP contribution in [0.4, 0.5) is 0 Å². The molecule has 1 saturated heterocycles. The second-order valence-corrected chi connectivity index (χ2v) is 3.17. The molecule has 0 aromatic rings. The van der Waals surface area contributed by atoms with E-state index in [1.165, 1.54) is 0 Å². The summed E-state index contributed by atoms with van der Waals surface area (Å²) in [4.78, 5) is 14.4. The van der Waals surface area contributed by atoms with Gasteiger partial charge < -0.3 is 0 Å². The standard InChI is InChI=1S/C9H14N3O/c10-2-1-3-11-4-6-12(7-5-11)8-9-13/h1,3-8H2. The number of piperazine rings is 1. The minimum Gasteiger partial charge on any atom is -0.300 e. The van der Waals surface area contributed by atoms with Gasteiger partial charge >= 0.3 is 0 Å². The Kier molecular flexibility index (Phi) is 4.44. The Bertz CT molecular complexity index is 192. The predicted molar refractivity (Wildman–Crippen MR) is 48.8 cm³/mol. The van der Waals surface area contributed by atoms with Crippen molar-refractivity contribution >= 4 is 6.29 Å². The SMILES string of the molecule is N#CCCN1CCN(C[C]=O)CC1. The van der Waals surface area contributed by atoms with Gasteiger partial charge in [-0.25, -0.2) is 0 Å². The number of rotatable bonds is 4. The van der Waals surface area contributed by atoms with Gasteiger partial charge in [0.15, 0.2) is 0 Å². The summed E-state index contributed by atoms with van der Waals surface area (Å²) in [6.07, 6.45) is 2.50. The smallest absolute Gasteiger partial charge is 0.213 e. The molecule has 0 bridgehead atoms. The fourth-order valence-corrected chi connectivity index (χ4v) is 1.47. The second-order valence-electron chi connectivity index (χ2n) is 3.17. The van der Waals surface area contributed by atoms with Crippen molar-refractivity contribution in [3.8, 4) is 6.07 Å². The van der Waals surface area contributed by atoms with Gasteiger partial charge in [-0.1, -0.05) is 0 Å². The van der Waals surface area contributed by atoms with E-state index in [0.717, 1.165) is 32.7 Å². The first-order valence-corrected chi connectivity index (χ1v) is 4.53. The number of nitrogens with zero attached hydrogens (tertiary/aromatic N) is 3. The summed E-state index contributed by atoms with van der Waals surface area (Å²) in [6.45, 7) is 5.04. The van der Waals surface area contributed by atoms with Crippen LogP contribution in [0, 0.1) is 11.3 Å². The first-order valence-electron chi connectivity index (χ1n) is 4.53. The summed E-state index contributed by atoms with van der Waals surface area (Å²) < 4.78 is 0. The fourth-order valence-electron chi connectivity index (χ4n) is 1.47. The van der Waals surface area contributed by atoms with Gasteiger partial charge in [-0.15, -0.1) is 0 Å². The fraction of sp³-hybridized carbons (Fsp3) is 0.778. The van der Waals surface area contributed by atoms with Crippen LogP contribution in [0.1, 0.15) is 6.42 Å². The van der Waals surface area contributed by atoms with Crippen LogP contribution in [-0.4, -0.2) is 55.4 Å². The maximum Gasteiger partial charge on any atom is 0.213 e. The molecule has 1 radical (unpaired) electrons. The normalized spacial score (nSPS) is 19.6. The van der Waals surface area contributed by atoms with E-state index in [1.807, 2.05) is 6.29 Å². The van der Waals surface area contributed by atoms with Crippen molar-refractivity contribution < 1.29 is 4.79 Å². The average molecular weight is 180 g/mol. The quantitative estimate of drug-likeness (QED) is 0.592. The molecule has 1 aliphatic heterocycles. The zero-order valence-electron chi connectivity index (χ0n) is 7.70. The van der Waals surface area contributed by atoms with Crippen molar-refractivity contribution in [2.24, 2.45) is 0 Å². The third-order valence-corrected chi connectivity index (χ3v) is 2.29. The highest BCUT2D eigenvalue weighted by Gasteiger charge is 2.15. The highest BCUT2D eigenvalue weighted by Crippen LogP contribution is 2.00. The van der Waals surface area contributed by atoms with Crippen molar-refractivity contribution in [2.75, 3.05) is 39.3 Å². The Balaban J connectivity index is 2.15. The minimum absolute atomic E-state index is 0.423. The largest absolute Gasteiger partial charge is 0.300 e. The molecule has 0 spiro atoms. The van der Waals surface area contributed by atoms with Crippen molar-refractivity contribution in [1.29, 1.82) is 5.26 Å². The number of carbonyl (C=O) groups excluding carboxylic acids is 1. The number of nitriles is 1. The van der Waals surface area contributed by atoms with Gasteiger partial charge in [-0.2, -0.15) is 5.26 Å². The highest BCUT2D eigenvalue weighted by atomic mass is 16.1. The molecule has 1 rings (SSSR count). The summed E-state index contributed by atoms with van der Waals surface area (Å²) >= 11 is 0.